The van der Waals surface area contributed by atoms with Gasteiger partial charge in [0.15, 0.2) is 5.96 Å². The zero-order valence-electron chi connectivity index (χ0n) is 16.8. The minimum Gasteiger partial charge on any atom is -0.369 e. The zero-order chi connectivity index (χ0) is 19.8. The van der Waals surface area contributed by atoms with Crippen LogP contribution in [0.4, 0.5) is 0 Å². The lowest BCUT2D eigenvalue weighted by molar-refractivity contribution is -0.119. The van der Waals surface area contributed by atoms with Crippen LogP contribution < -0.4 is 16.4 Å². The second-order valence-electron chi connectivity index (χ2n) is 7.89. The molecule has 154 valence electrons. The molecule has 1 saturated carbocycles. The van der Waals surface area contributed by atoms with Gasteiger partial charge in [-0.2, -0.15) is 0 Å². The van der Waals surface area contributed by atoms with Crippen molar-refractivity contribution in [3.63, 3.8) is 0 Å². The fourth-order valence-corrected chi connectivity index (χ4v) is 5.59. The first-order chi connectivity index (χ1) is 13.6. The predicted molar refractivity (Wildman–Crippen MR) is 117 cm³/mol. The molecular formula is C21H33N5OS. The van der Waals surface area contributed by atoms with Crippen molar-refractivity contribution in [2.24, 2.45) is 10.7 Å². The van der Waals surface area contributed by atoms with E-state index in [0.717, 1.165) is 38.4 Å². The zero-order valence-corrected chi connectivity index (χ0v) is 17.6. The first-order valence-electron chi connectivity index (χ1n) is 10.3. The Balaban J connectivity index is 1.49. The highest BCUT2D eigenvalue weighted by Gasteiger charge is 2.35. The molecule has 1 aliphatic carbocycles. The monoisotopic (exact) mass is 403 g/mol. The molecule has 7 heteroatoms. The SMILES string of the molecule is CN=C(NCC1(Sc2ccccc2)CCCC1)NC1CCN(CC(N)=O)CC1. The minimum atomic E-state index is -0.248. The van der Waals surface area contributed by atoms with Crippen molar-refractivity contribution in [1.29, 1.82) is 0 Å². The Labute approximate surface area is 172 Å². The topological polar surface area (TPSA) is 82.8 Å². The maximum atomic E-state index is 11.1. The summed E-state index contributed by atoms with van der Waals surface area (Å²) in [6.45, 7) is 3.07. The number of carbonyl (C=O) groups excluding carboxylic acids is 1. The third kappa shape index (κ3) is 6.14. The van der Waals surface area contributed by atoms with E-state index in [0.29, 0.717) is 12.6 Å². The van der Waals surface area contributed by atoms with Gasteiger partial charge in [0.25, 0.3) is 0 Å². The van der Waals surface area contributed by atoms with Gasteiger partial charge in [0.2, 0.25) is 5.91 Å². The van der Waals surface area contributed by atoms with Crippen LogP contribution in [0.25, 0.3) is 0 Å². The summed E-state index contributed by atoms with van der Waals surface area (Å²) in [5.41, 5.74) is 5.30. The Morgan fingerprint density at radius 3 is 2.54 bits per heavy atom. The number of hydrogen-bond donors (Lipinski definition) is 3. The van der Waals surface area contributed by atoms with Gasteiger partial charge in [0.05, 0.1) is 6.54 Å². The molecule has 4 N–H and O–H groups in total. The average Bonchev–Trinajstić information content (AvgIpc) is 3.15. The molecule has 2 aliphatic rings. The van der Waals surface area contributed by atoms with Crippen molar-refractivity contribution in [3.05, 3.63) is 30.3 Å². The van der Waals surface area contributed by atoms with Crippen LogP contribution in [0, 0.1) is 0 Å². The Hall–Kier alpha value is -1.73. The van der Waals surface area contributed by atoms with Crippen LogP contribution in [0.15, 0.2) is 40.2 Å². The van der Waals surface area contributed by atoms with Crippen LogP contribution >= 0.6 is 11.8 Å². The van der Waals surface area contributed by atoms with E-state index in [2.05, 4.69) is 50.9 Å². The van der Waals surface area contributed by atoms with Crippen LogP contribution in [-0.4, -0.2) is 60.8 Å². The van der Waals surface area contributed by atoms with E-state index in [-0.39, 0.29) is 10.7 Å². The molecule has 1 aromatic carbocycles. The Morgan fingerprint density at radius 1 is 1.25 bits per heavy atom. The van der Waals surface area contributed by atoms with Gasteiger partial charge >= 0.3 is 0 Å². The largest absolute Gasteiger partial charge is 0.369 e. The number of piperidine rings is 1. The number of carbonyl (C=O) groups is 1. The summed E-state index contributed by atoms with van der Waals surface area (Å²) in [6, 6.07) is 11.1. The molecule has 0 bridgehead atoms. The lowest BCUT2D eigenvalue weighted by Crippen LogP contribution is -2.51. The highest BCUT2D eigenvalue weighted by Crippen LogP contribution is 2.44. The van der Waals surface area contributed by atoms with Gasteiger partial charge in [0.1, 0.15) is 0 Å². The smallest absolute Gasteiger partial charge is 0.231 e. The second kappa shape index (κ2) is 10.2. The number of guanidine groups is 1. The Kier molecular flexibility index (Phi) is 7.62. The summed E-state index contributed by atoms with van der Waals surface area (Å²) < 4.78 is 0.240. The summed E-state index contributed by atoms with van der Waals surface area (Å²) >= 11 is 2.01. The van der Waals surface area contributed by atoms with Crippen molar-refractivity contribution < 1.29 is 4.79 Å². The minimum absolute atomic E-state index is 0.240. The van der Waals surface area contributed by atoms with Crippen molar-refractivity contribution >= 4 is 23.6 Å². The number of amides is 1. The van der Waals surface area contributed by atoms with Crippen LogP contribution in [0.1, 0.15) is 38.5 Å². The van der Waals surface area contributed by atoms with Crippen LogP contribution in [0.5, 0.6) is 0 Å². The highest BCUT2D eigenvalue weighted by molar-refractivity contribution is 8.00. The number of nitrogens with zero attached hydrogens (tertiary/aromatic N) is 2. The number of hydrogen-bond acceptors (Lipinski definition) is 4. The molecular weight excluding hydrogens is 370 g/mol. The van der Waals surface area contributed by atoms with Crippen molar-refractivity contribution in [3.8, 4) is 0 Å². The molecule has 1 aromatic rings. The predicted octanol–water partition coefficient (Wildman–Crippen LogP) is 2.21. The molecule has 2 fully saturated rings. The van der Waals surface area contributed by atoms with E-state index < -0.39 is 0 Å². The molecule has 0 aromatic heterocycles. The van der Waals surface area contributed by atoms with Gasteiger partial charge in [-0.05, 0) is 37.8 Å². The first-order valence-corrected chi connectivity index (χ1v) is 11.1. The van der Waals surface area contributed by atoms with Crippen LogP contribution in [0.2, 0.25) is 0 Å². The third-order valence-corrected chi connectivity index (χ3v) is 7.20. The number of primary amides is 1. The maximum absolute atomic E-state index is 11.1. The summed E-state index contributed by atoms with van der Waals surface area (Å²) in [5, 5.41) is 7.16. The lowest BCUT2D eigenvalue weighted by Gasteiger charge is -2.33. The van der Waals surface area contributed by atoms with E-state index in [1.54, 1.807) is 0 Å². The summed E-state index contributed by atoms with van der Waals surface area (Å²) in [4.78, 5) is 19.0. The summed E-state index contributed by atoms with van der Waals surface area (Å²) in [5.74, 6) is 0.634. The number of nitrogens with two attached hydrogens (primary N) is 1. The van der Waals surface area contributed by atoms with Crippen molar-refractivity contribution in [1.82, 2.24) is 15.5 Å². The molecule has 1 amide bonds. The summed E-state index contributed by atoms with van der Waals surface area (Å²) in [6.07, 6.45) is 7.07. The number of thioether (sulfide) groups is 1. The molecule has 0 spiro atoms. The third-order valence-electron chi connectivity index (χ3n) is 5.70. The fourth-order valence-electron chi connectivity index (χ4n) is 4.16. The van der Waals surface area contributed by atoms with Gasteiger partial charge in [-0.1, -0.05) is 31.0 Å². The van der Waals surface area contributed by atoms with Gasteiger partial charge in [-0.15, -0.1) is 11.8 Å². The maximum Gasteiger partial charge on any atom is 0.231 e. The van der Waals surface area contributed by atoms with Crippen molar-refractivity contribution in [2.45, 2.75) is 54.2 Å². The van der Waals surface area contributed by atoms with Crippen LogP contribution in [-0.2, 0) is 4.79 Å². The van der Waals surface area contributed by atoms with Gasteiger partial charge < -0.3 is 16.4 Å². The highest BCUT2D eigenvalue weighted by atomic mass is 32.2. The van der Waals surface area contributed by atoms with Crippen molar-refractivity contribution in [2.75, 3.05) is 33.2 Å². The fraction of sp³-hybridized carbons (Fsp3) is 0.619. The number of nitrogens with one attached hydrogen (secondary N) is 2. The molecule has 0 unspecified atom stereocenters. The van der Waals surface area contributed by atoms with Gasteiger partial charge in [-0.25, -0.2) is 0 Å². The van der Waals surface area contributed by atoms with E-state index in [1.807, 2.05) is 18.8 Å². The second-order valence-corrected chi connectivity index (χ2v) is 9.43. The van der Waals surface area contributed by atoms with Crippen LogP contribution in [0.3, 0.4) is 0 Å². The lowest BCUT2D eigenvalue weighted by atomic mass is 10.1. The first kappa shape index (κ1) is 21.0. The van der Waals surface area contributed by atoms with E-state index in [1.165, 1.54) is 30.6 Å². The number of likely N-dealkylation sites (tertiary alicyclic amines) is 1. The molecule has 0 radical (unpaired) electrons. The summed E-state index contributed by atoms with van der Waals surface area (Å²) in [7, 11) is 1.84. The number of rotatable bonds is 7. The van der Waals surface area contributed by atoms with E-state index in [4.69, 9.17) is 5.73 Å². The number of aliphatic imine (C=N–C) groups is 1. The normalized spacial score (nSPS) is 20.8. The molecule has 28 heavy (non-hydrogen) atoms. The Bertz CT molecular complexity index is 652. The molecule has 6 nitrogen and oxygen atoms in total. The Morgan fingerprint density at radius 2 is 1.93 bits per heavy atom. The van der Waals surface area contributed by atoms with E-state index in [9.17, 15) is 4.79 Å². The molecule has 1 heterocycles. The standard InChI is InChI=1S/C21H33N5OS/c1-23-20(25-17-9-13-26(14-10-17)15-19(22)27)24-16-21(11-5-6-12-21)28-18-7-3-2-4-8-18/h2-4,7-8,17H,5-6,9-16H2,1H3,(H2,22,27)(H2,23,24,25). The molecule has 0 atom stereocenters. The van der Waals surface area contributed by atoms with Gasteiger partial charge in [-0.3, -0.25) is 14.7 Å². The molecule has 1 saturated heterocycles. The molecule has 1 aliphatic heterocycles. The number of benzene rings is 1. The quantitative estimate of drug-likeness (QED) is 0.480. The van der Waals surface area contributed by atoms with E-state index >= 15 is 0 Å². The average molecular weight is 404 g/mol. The van der Waals surface area contributed by atoms with Gasteiger partial charge in [0, 0.05) is 42.4 Å². The molecule has 3 rings (SSSR count).